The van der Waals surface area contributed by atoms with Crippen molar-refractivity contribution in [1.29, 1.82) is 0 Å². The van der Waals surface area contributed by atoms with Gasteiger partial charge in [-0.2, -0.15) is 0 Å². The number of aromatic nitrogens is 6. The molecule has 7 aromatic rings. The van der Waals surface area contributed by atoms with Gasteiger partial charge in [-0.3, -0.25) is 14.9 Å². The van der Waals surface area contributed by atoms with Crippen molar-refractivity contribution in [3.8, 4) is 22.8 Å². The van der Waals surface area contributed by atoms with Crippen LogP contribution in [0.2, 0.25) is 0 Å². The van der Waals surface area contributed by atoms with Crippen LogP contribution in [-0.4, -0.2) is 72.7 Å². The van der Waals surface area contributed by atoms with E-state index in [1.54, 1.807) is 24.8 Å². The van der Waals surface area contributed by atoms with Crippen molar-refractivity contribution in [2.45, 2.75) is 38.6 Å². The van der Waals surface area contributed by atoms with E-state index < -0.39 is 0 Å². The predicted molar refractivity (Wildman–Crippen MR) is 214 cm³/mol. The lowest BCUT2D eigenvalue weighted by Gasteiger charge is -2.21. The molecule has 1 aliphatic rings. The average molecular weight is 704 g/mol. The highest BCUT2D eigenvalue weighted by Crippen LogP contribution is 2.35. The molecule has 4 heterocycles. The van der Waals surface area contributed by atoms with Gasteiger partial charge in [0.2, 0.25) is 0 Å². The molecule has 4 aromatic heterocycles. The molecular formula is C43H45N9O. The summed E-state index contributed by atoms with van der Waals surface area (Å²) in [7, 11) is 0. The van der Waals surface area contributed by atoms with Gasteiger partial charge < -0.3 is 15.7 Å². The minimum atomic E-state index is 0.187. The molecule has 3 N–H and O–H groups in total. The first kappa shape index (κ1) is 35.6. The molecule has 0 saturated carbocycles. The Labute approximate surface area is 310 Å². The van der Waals surface area contributed by atoms with E-state index >= 15 is 0 Å². The molecule has 1 aliphatic carbocycles. The number of unbranched alkanes of at least 4 members (excludes halogenated alkanes) is 1. The molecule has 8 rings (SSSR count). The Kier molecular flexibility index (Phi) is 11.8. The smallest absolute Gasteiger partial charge is 0.162 e. The summed E-state index contributed by atoms with van der Waals surface area (Å²) in [6.07, 6.45) is 11.5. The van der Waals surface area contributed by atoms with Crippen LogP contribution in [0.1, 0.15) is 43.4 Å². The van der Waals surface area contributed by atoms with E-state index in [9.17, 15) is 5.11 Å². The van der Waals surface area contributed by atoms with Gasteiger partial charge in [-0.05, 0) is 85.5 Å². The van der Waals surface area contributed by atoms with Gasteiger partial charge in [0, 0.05) is 66.3 Å². The summed E-state index contributed by atoms with van der Waals surface area (Å²) in [4.78, 5) is 29.5. The number of aryl methyl sites for hydroxylation is 1. The van der Waals surface area contributed by atoms with Crippen molar-refractivity contribution < 1.29 is 5.11 Å². The highest BCUT2D eigenvalue weighted by atomic mass is 16.3. The van der Waals surface area contributed by atoms with Crippen LogP contribution in [0.3, 0.4) is 0 Å². The van der Waals surface area contributed by atoms with E-state index in [4.69, 9.17) is 19.9 Å². The second-order valence-corrected chi connectivity index (χ2v) is 13.1. The van der Waals surface area contributed by atoms with E-state index in [0.717, 1.165) is 95.7 Å². The Hall–Kier alpha value is -5.84. The number of fused-ring (bicyclic) bond motifs is 3. The zero-order chi connectivity index (χ0) is 36.2. The highest BCUT2D eigenvalue weighted by Gasteiger charge is 2.23. The molecule has 1 unspecified atom stereocenters. The van der Waals surface area contributed by atoms with Crippen LogP contribution < -0.4 is 10.6 Å². The quantitative estimate of drug-likeness (QED) is 0.109. The van der Waals surface area contributed by atoms with Gasteiger partial charge in [0.05, 0.1) is 23.7 Å². The number of benzene rings is 3. The summed E-state index contributed by atoms with van der Waals surface area (Å²) in [6, 6.07) is 32.9. The topological polar surface area (TPSA) is 125 Å². The fraction of sp³-hybridized carbons (Fsp3) is 0.256. The number of aliphatic hydroxyl groups excluding tert-OH is 1. The number of aliphatic hydroxyl groups is 1. The Morgan fingerprint density at radius 3 is 1.89 bits per heavy atom. The summed E-state index contributed by atoms with van der Waals surface area (Å²) in [6.45, 7) is 5.71. The molecule has 0 radical (unpaired) electrons. The van der Waals surface area contributed by atoms with Gasteiger partial charge in [0.25, 0.3) is 0 Å². The first-order valence-corrected chi connectivity index (χ1v) is 18.5. The molecule has 0 fully saturated rings. The highest BCUT2D eigenvalue weighted by molar-refractivity contribution is 5.91. The Bertz CT molecular complexity index is 2230. The van der Waals surface area contributed by atoms with Gasteiger partial charge in [-0.15, -0.1) is 0 Å². The van der Waals surface area contributed by atoms with Crippen LogP contribution in [-0.2, 0) is 6.42 Å². The number of hydrogen-bond acceptors (Lipinski definition) is 10. The van der Waals surface area contributed by atoms with Crippen molar-refractivity contribution in [2.24, 2.45) is 0 Å². The standard InChI is InChI=1S/C22H18N4.C21H27N5O/c1-2-6-17-15(5-1)9-10-20(17)25-22-18-7-3-4-8-19(18)24-21(26-22)16-11-13-23-14-12-16;1-2-3-13-26(15-16-27)14-12-23-21-18-6-4-5-7-19(18)24-20(25-21)17-8-10-22-11-9-17/h1-8,11-14,20H,9-10H2,(H,24,25,26);4-11,27H,2-3,12-16H2,1H3,(H,23,24,25). The Balaban J connectivity index is 0.000000164. The number of hydrogen-bond donors (Lipinski definition) is 3. The minimum absolute atomic E-state index is 0.187. The third-order valence-electron chi connectivity index (χ3n) is 9.49. The van der Waals surface area contributed by atoms with Gasteiger partial charge in [0.15, 0.2) is 11.6 Å². The zero-order valence-electron chi connectivity index (χ0n) is 30.1. The van der Waals surface area contributed by atoms with Gasteiger partial charge in [-0.25, -0.2) is 19.9 Å². The summed E-state index contributed by atoms with van der Waals surface area (Å²) in [5.74, 6) is 3.15. The molecule has 10 heteroatoms. The molecule has 268 valence electrons. The van der Waals surface area contributed by atoms with Crippen LogP contribution in [0.25, 0.3) is 44.6 Å². The largest absolute Gasteiger partial charge is 0.395 e. The monoisotopic (exact) mass is 703 g/mol. The molecule has 0 bridgehead atoms. The van der Waals surface area contributed by atoms with Crippen LogP contribution >= 0.6 is 0 Å². The van der Waals surface area contributed by atoms with Crippen LogP contribution in [0, 0.1) is 0 Å². The molecule has 1 atom stereocenters. The number of nitrogens with zero attached hydrogens (tertiary/aromatic N) is 7. The maximum absolute atomic E-state index is 9.27. The Morgan fingerprint density at radius 1 is 0.660 bits per heavy atom. The lowest BCUT2D eigenvalue weighted by molar-refractivity contribution is 0.198. The van der Waals surface area contributed by atoms with Crippen molar-refractivity contribution in [3.63, 3.8) is 0 Å². The normalized spacial score (nSPS) is 13.5. The first-order valence-electron chi connectivity index (χ1n) is 18.5. The van der Waals surface area contributed by atoms with Crippen molar-refractivity contribution in [3.05, 3.63) is 133 Å². The first-order chi connectivity index (χ1) is 26.2. The second kappa shape index (κ2) is 17.6. The lowest BCUT2D eigenvalue weighted by atomic mass is 10.1. The van der Waals surface area contributed by atoms with Crippen LogP contribution in [0.4, 0.5) is 11.6 Å². The summed E-state index contributed by atoms with van der Waals surface area (Å²) >= 11 is 0. The minimum Gasteiger partial charge on any atom is -0.395 e. The summed E-state index contributed by atoms with van der Waals surface area (Å²) < 4.78 is 0. The van der Waals surface area contributed by atoms with Gasteiger partial charge in [0.1, 0.15) is 11.6 Å². The maximum atomic E-state index is 9.27. The third-order valence-corrected chi connectivity index (χ3v) is 9.49. The van der Waals surface area contributed by atoms with Crippen LogP contribution in [0.15, 0.2) is 122 Å². The summed E-state index contributed by atoms with van der Waals surface area (Å²) in [5.41, 5.74) is 6.59. The van der Waals surface area contributed by atoms with E-state index in [2.05, 4.69) is 62.8 Å². The molecular weight excluding hydrogens is 659 g/mol. The molecule has 3 aromatic carbocycles. The van der Waals surface area contributed by atoms with Gasteiger partial charge in [-0.1, -0.05) is 61.9 Å². The number of pyridine rings is 2. The Morgan fingerprint density at radius 2 is 1.25 bits per heavy atom. The third kappa shape index (κ3) is 8.80. The number of anilines is 2. The molecule has 0 amide bonds. The molecule has 0 spiro atoms. The predicted octanol–water partition coefficient (Wildman–Crippen LogP) is 7.99. The number of rotatable bonds is 13. The SMILES string of the molecule is CCCCN(CCO)CCNc1nc(-c2ccncc2)nc2ccccc12.c1ccc2c(c1)CCC2Nc1nc(-c2ccncc2)nc2ccccc12. The maximum Gasteiger partial charge on any atom is 0.162 e. The van der Waals surface area contributed by atoms with Crippen LogP contribution in [0.5, 0.6) is 0 Å². The van der Waals surface area contributed by atoms with E-state index in [0.29, 0.717) is 12.4 Å². The fourth-order valence-corrected chi connectivity index (χ4v) is 6.72. The van der Waals surface area contributed by atoms with E-state index in [1.165, 1.54) is 11.1 Å². The molecule has 0 aliphatic heterocycles. The second-order valence-electron chi connectivity index (χ2n) is 13.1. The number of para-hydroxylation sites is 2. The fourth-order valence-electron chi connectivity index (χ4n) is 6.72. The van der Waals surface area contributed by atoms with Crippen molar-refractivity contribution in [1.82, 2.24) is 34.8 Å². The van der Waals surface area contributed by atoms with Gasteiger partial charge >= 0.3 is 0 Å². The lowest BCUT2D eigenvalue weighted by Crippen LogP contribution is -2.32. The van der Waals surface area contributed by atoms with E-state index in [-0.39, 0.29) is 12.6 Å². The van der Waals surface area contributed by atoms with Crippen molar-refractivity contribution in [2.75, 3.05) is 43.4 Å². The summed E-state index contributed by atoms with van der Waals surface area (Å²) in [5, 5.41) is 18.5. The van der Waals surface area contributed by atoms with E-state index in [1.807, 2.05) is 66.7 Å². The average Bonchev–Trinajstić information content (AvgIpc) is 3.63. The zero-order valence-corrected chi connectivity index (χ0v) is 30.1. The van der Waals surface area contributed by atoms with Crippen molar-refractivity contribution >= 4 is 33.4 Å². The molecule has 53 heavy (non-hydrogen) atoms. The molecule has 10 nitrogen and oxygen atoms in total. The number of nitrogens with one attached hydrogen (secondary N) is 2. The molecule has 0 saturated heterocycles.